The summed E-state index contributed by atoms with van der Waals surface area (Å²) in [6, 6.07) is 10.3. The van der Waals surface area contributed by atoms with Gasteiger partial charge in [-0.05, 0) is 52.0 Å². The van der Waals surface area contributed by atoms with Crippen molar-refractivity contribution in [2.45, 2.75) is 27.7 Å². The van der Waals surface area contributed by atoms with Gasteiger partial charge in [0.2, 0.25) is 0 Å². The van der Waals surface area contributed by atoms with Crippen LogP contribution in [0.5, 0.6) is 0 Å². The van der Waals surface area contributed by atoms with E-state index >= 15 is 0 Å². The first-order chi connectivity index (χ1) is 9.11. The van der Waals surface area contributed by atoms with Crippen molar-refractivity contribution in [1.29, 1.82) is 0 Å². The summed E-state index contributed by atoms with van der Waals surface area (Å²) >= 11 is 0. The van der Waals surface area contributed by atoms with Crippen LogP contribution in [0, 0.1) is 0 Å². The van der Waals surface area contributed by atoms with Crippen molar-refractivity contribution >= 4 is 5.69 Å². The van der Waals surface area contributed by atoms with Crippen molar-refractivity contribution in [2.75, 3.05) is 4.90 Å². The van der Waals surface area contributed by atoms with Gasteiger partial charge in [0.05, 0.1) is 0 Å². The van der Waals surface area contributed by atoms with Crippen molar-refractivity contribution in [3.63, 3.8) is 0 Å². The predicted molar refractivity (Wildman–Crippen MR) is 86.1 cm³/mol. The molecule has 0 unspecified atom stereocenters. The van der Waals surface area contributed by atoms with Crippen LogP contribution in [-0.4, -0.2) is 0 Å². The molecule has 19 heavy (non-hydrogen) atoms. The van der Waals surface area contributed by atoms with E-state index in [1.54, 1.807) is 0 Å². The molecule has 0 saturated heterocycles. The monoisotopic (exact) mass is 253 g/mol. The molecule has 0 radical (unpaired) electrons. The molecule has 0 bridgehead atoms. The molecule has 0 heterocycles. The van der Waals surface area contributed by atoms with E-state index in [1.807, 2.05) is 44.2 Å². The summed E-state index contributed by atoms with van der Waals surface area (Å²) in [6.45, 7) is 12.5. The fourth-order valence-corrected chi connectivity index (χ4v) is 1.93. The van der Waals surface area contributed by atoms with Gasteiger partial charge in [-0.1, -0.05) is 42.5 Å². The molecule has 0 spiro atoms. The number of allylic oxidation sites excluding steroid dienone is 5. The van der Waals surface area contributed by atoms with Crippen molar-refractivity contribution < 1.29 is 0 Å². The maximum absolute atomic E-state index is 4.18. The minimum absolute atomic E-state index is 0.961. The van der Waals surface area contributed by atoms with Crippen LogP contribution in [0.4, 0.5) is 5.69 Å². The zero-order valence-electron chi connectivity index (χ0n) is 12.4. The molecule has 1 heteroatoms. The first-order valence-corrected chi connectivity index (χ1v) is 6.58. The van der Waals surface area contributed by atoms with Crippen molar-refractivity contribution in [2.24, 2.45) is 0 Å². The van der Waals surface area contributed by atoms with E-state index in [0.717, 1.165) is 17.1 Å². The van der Waals surface area contributed by atoms with Gasteiger partial charge in [0.25, 0.3) is 0 Å². The highest BCUT2D eigenvalue weighted by atomic mass is 15.1. The second-order valence-electron chi connectivity index (χ2n) is 4.55. The molecule has 0 atom stereocenters. The molecule has 0 aliphatic rings. The second kappa shape index (κ2) is 7.42. The molecule has 1 rings (SSSR count). The Labute approximate surface area is 117 Å². The lowest BCUT2D eigenvalue weighted by Crippen LogP contribution is -2.20. The highest BCUT2D eigenvalue weighted by molar-refractivity contribution is 5.62. The lowest BCUT2D eigenvalue weighted by Gasteiger charge is -2.27. The molecule has 1 aromatic carbocycles. The number of rotatable bonds is 5. The van der Waals surface area contributed by atoms with Gasteiger partial charge < -0.3 is 4.90 Å². The molecular formula is C18H23N. The number of benzene rings is 1. The fraction of sp³-hybridized carbons (Fsp3) is 0.222. The number of hydrogen-bond acceptors (Lipinski definition) is 1. The third-order valence-corrected chi connectivity index (χ3v) is 2.74. The Morgan fingerprint density at radius 1 is 1.00 bits per heavy atom. The van der Waals surface area contributed by atoms with Gasteiger partial charge >= 0.3 is 0 Å². The maximum atomic E-state index is 4.18. The number of nitrogens with zero attached hydrogens (tertiary/aromatic N) is 1. The molecule has 0 aromatic heterocycles. The lowest BCUT2D eigenvalue weighted by molar-refractivity contribution is 1.10. The van der Waals surface area contributed by atoms with E-state index in [2.05, 4.69) is 49.6 Å². The van der Waals surface area contributed by atoms with E-state index in [9.17, 15) is 0 Å². The molecule has 0 N–H and O–H groups in total. The highest BCUT2D eigenvalue weighted by Gasteiger charge is 2.12. The molecule has 1 aromatic rings. The Morgan fingerprint density at radius 3 is 2.05 bits per heavy atom. The van der Waals surface area contributed by atoms with E-state index in [4.69, 9.17) is 0 Å². The Bertz CT molecular complexity index is 500. The van der Waals surface area contributed by atoms with Gasteiger partial charge in [-0.3, -0.25) is 0 Å². The smallest absolute Gasteiger partial charge is 0.0461 e. The summed E-state index contributed by atoms with van der Waals surface area (Å²) in [5, 5.41) is 0. The summed E-state index contributed by atoms with van der Waals surface area (Å²) in [6.07, 6.45) is 8.22. The quantitative estimate of drug-likeness (QED) is 0.630. The second-order valence-corrected chi connectivity index (χ2v) is 4.55. The van der Waals surface area contributed by atoms with Crippen LogP contribution in [0.3, 0.4) is 0 Å². The number of para-hydroxylation sites is 1. The molecule has 0 aliphatic heterocycles. The number of hydrogen-bond donors (Lipinski definition) is 0. The van der Waals surface area contributed by atoms with Gasteiger partial charge in [0, 0.05) is 17.1 Å². The molecule has 0 saturated carbocycles. The van der Waals surface area contributed by atoms with Gasteiger partial charge in [-0.25, -0.2) is 0 Å². The van der Waals surface area contributed by atoms with E-state index < -0.39 is 0 Å². The zero-order chi connectivity index (χ0) is 14.3. The van der Waals surface area contributed by atoms with Crippen LogP contribution in [0.2, 0.25) is 0 Å². The fourth-order valence-electron chi connectivity index (χ4n) is 1.93. The minimum atomic E-state index is 0.961. The number of anilines is 1. The molecule has 0 aliphatic carbocycles. The highest BCUT2D eigenvalue weighted by Crippen LogP contribution is 2.26. The van der Waals surface area contributed by atoms with Crippen molar-refractivity contribution in [3.05, 3.63) is 78.2 Å². The summed E-state index contributed by atoms with van der Waals surface area (Å²) in [7, 11) is 0. The van der Waals surface area contributed by atoms with Gasteiger partial charge in [-0.15, -0.1) is 0 Å². The first-order valence-electron chi connectivity index (χ1n) is 6.58. The van der Waals surface area contributed by atoms with Gasteiger partial charge in [0.1, 0.15) is 0 Å². The predicted octanol–water partition coefficient (Wildman–Crippen LogP) is 5.45. The van der Waals surface area contributed by atoms with E-state index in [1.165, 1.54) is 5.57 Å². The summed E-state index contributed by atoms with van der Waals surface area (Å²) in [5.41, 5.74) is 4.51. The van der Waals surface area contributed by atoms with E-state index in [0.29, 0.717) is 0 Å². The van der Waals surface area contributed by atoms with E-state index in [-0.39, 0.29) is 0 Å². The first kappa shape index (κ1) is 15.0. The Morgan fingerprint density at radius 2 is 1.58 bits per heavy atom. The van der Waals surface area contributed by atoms with Crippen LogP contribution in [-0.2, 0) is 0 Å². The molecule has 1 nitrogen and oxygen atoms in total. The Balaban J connectivity index is 3.35. The van der Waals surface area contributed by atoms with Crippen LogP contribution in [0.25, 0.3) is 0 Å². The van der Waals surface area contributed by atoms with Crippen LogP contribution in [0.1, 0.15) is 27.7 Å². The third kappa shape index (κ3) is 3.99. The standard InChI is InChI=1S/C18H23N/c1-6-11-16(5)19(17-13-9-8-10-14-17)18(12-7-2)15(3)4/h6-14H,5H2,1-4H3/b11-6-,12-7-. The normalized spacial score (nSPS) is 10.9. The SMILES string of the molecule is C=C(/C=C\C)N(C(/C=C\C)=C(C)C)c1ccccc1. The third-order valence-electron chi connectivity index (χ3n) is 2.74. The zero-order valence-corrected chi connectivity index (χ0v) is 12.4. The minimum Gasteiger partial charge on any atom is -0.311 e. The molecular weight excluding hydrogens is 230 g/mol. The molecule has 0 amide bonds. The van der Waals surface area contributed by atoms with Crippen LogP contribution < -0.4 is 4.90 Å². The Kier molecular flexibility index (Phi) is 5.87. The van der Waals surface area contributed by atoms with Crippen molar-refractivity contribution in [3.8, 4) is 0 Å². The topological polar surface area (TPSA) is 3.24 Å². The average molecular weight is 253 g/mol. The maximum Gasteiger partial charge on any atom is 0.0461 e. The van der Waals surface area contributed by atoms with Crippen LogP contribution in [0.15, 0.2) is 78.2 Å². The lowest BCUT2D eigenvalue weighted by atomic mass is 10.1. The molecule has 0 fully saturated rings. The largest absolute Gasteiger partial charge is 0.311 e. The Hall–Kier alpha value is -2.02. The molecule has 100 valence electrons. The van der Waals surface area contributed by atoms with Crippen LogP contribution >= 0.6 is 0 Å². The summed E-state index contributed by atoms with van der Waals surface area (Å²) in [4.78, 5) is 2.18. The van der Waals surface area contributed by atoms with Gasteiger partial charge in [-0.2, -0.15) is 0 Å². The average Bonchev–Trinajstić information content (AvgIpc) is 2.39. The summed E-state index contributed by atoms with van der Waals surface area (Å²) < 4.78 is 0. The van der Waals surface area contributed by atoms with Gasteiger partial charge in [0.15, 0.2) is 0 Å². The summed E-state index contributed by atoms with van der Waals surface area (Å²) in [5.74, 6) is 0. The van der Waals surface area contributed by atoms with Crippen molar-refractivity contribution in [1.82, 2.24) is 0 Å².